The Morgan fingerprint density at radius 2 is 0.970 bits per heavy atom. The zero-order chi connectivity index (χ0) is 70.3. The summed E-state index contributed by atoms with van der Waals surface area (Å²) in [6.07, 6.45) is -2.19. The first-order valence-electron chi connectivity index (χ1n) is 32.8. The minimum atomic E-state index is -5.03. The minimum Gasteiger partial charge on any atom is -0.471 e. The molecule has 0 bridgehead atoms. The fourth-order valence-electron chi connectivity index (χ4n) is 14.5. The Hall–Kier alpha value is -9.38. The normalized spacial score (nSPS) is 18.6. The van der Waals surface area contributed by atoms with Gasteiger partial charge in [0.25, 0.3) is 0 Å². The Kier molecular flexibility index (Phi) is 18.2. The van der Waals surface area contributed by atoms with E-state index in [1.54, 1.807) is 30.6 Å². The molecular weight excluding hydrogens is 1310 g/mol. The van der Waals surface area contributed by atoms with Crippen molar-refractivity contribution in [2.75, 3.05) is 53.4 Å². The lowest BCUT2D eigenvalue weighted by Crippen LogP contribution is -2.42. The van der Waals surface area contributed by atoms with Crippen LogP contribution in [0.1, 0.15) is 109 Å². The minimum absolute atomic E-state index is 0.0226. The molecular formula is C70H70F10N14O5. The van der Waals surface area contributed by atoms with Gasteiger partial charge in [-0.05, 0) is 180 Å². The van der Waals surface area contributed by atoms with Gasteiger partial charge in [0.2, 0.25) is 17.7 Å². The molecule has 4 atom stereocenters. The molecule has 0 N–H and O–H groups in total. The first-order valence-corrected chi connectivity index (χ1v) is 32.8. The van der Waals surface area contributed by atoms with Gasteiger partial charge >= 0.3 is 18.4 Å². The Bertz CT molecular complexity index is 4810. The molecule has 6 aromatic heterocycles. The lowest BCUT2D eigenvalue weighted by Gasteiger charge is -2.33. The maximum Gasteiger partial charge on any atom is 0.417 e. The lowest BCUT2D eigenvalue weighted by molar-refractivity contribution is -0.137. The molecule has 19 nitrogen and oxygen atoms in total. The van der Waals surface area contributed by atoms with Crippen molar-refractivity contribution in [1.82, 2.24) is 69.5 Å². The Labute approximate surface area is 560 Å². The van der Waals surface area contributed by atoms with Gasteiger partial charge in [0.15, 0.2) is 22.7 Å². The first kappa shape index (κ1) is 68.2. The molecule has 4 aromatic carbocycles. The van der Waals surface area contributed by atoms with Gasteiger partial charge in [0.05, 0.1) is 34.2 Å². The van der Waals surface area contributed by atoms with Crippen LogP contribution in [0, 0.1) is 23.3 Å². The third-order valence-electron chi connectivity index (χ3n) is 19.4. The van der Waals surface area contributed by atoms with Gasteiger partial charge in [-0.15, -0.1) is 10.2 Å². The topological polar surface area (TPSA) is 188 Å². The number of hydrogen-bond acceptors (Lipinski definition) is 15. The highest BCUT2D eigenvalue weighted by Gasteiger charge is 2.42. The van der Waals surface area contributed by atoms with Crippen LogP contribution in [0.4, 0.5) is 48.7 Å². The summed E-state index contributed by atoms with van der Waals surface area (Å²) in [6.45, 7) is 15.7. The van der Waals surface area contributed by atoms with Crippen molar-refractivity contribution in [2.45, 2.75) is 140 Å². The van der Waals surface area contributed by atoms with Gasteiger partial charge in [-0.2, -0.15) is 26.3 Å². The number of halogens is 10. The van der Waals surface area contributed by atoms with E-state index in [1.165, 1.54) is 52.1 Å². The van der Waals surface area contributed by atoms with E-state index in [1.807, 2.05) is 27.9 Å². The second-order valence-corrected chi connectivity index (χ2v) is 26.8. The number of carbonyl (C=O) groups is 2. The number of piperidine rings is 2. The number of pyridine rings is 4. The quantitative estimate of drug-likeness (QED) is 0.0878. The maximum absolute atomic E-state index is 17.1. The fraction of sp³-hybridized carbons (Fsp3) is 0.429. The molecule has 4 aliphatic rings. The molecule has 0 aliphatic carbocycles. The molecule has 99 heavy (non-hydrogen) atoms. The van der Waals surface area contributed by atoms with Gasteiger partial charge in [-0.25, -0.2) is 41.7 Å². The molecule has 4 saturated heterocycles. The van der Waals surface area contributed by atoms with Gasteiger partial charge < -0.3 is 24.0 Å². The predicted octanol–water partition coefficient (Wildman–Crippen LogP) is 14.6. The van der Waals surface area contributed by atoms with Crippen LogP contribution in [0.15, 0.2) is 85.7 Å². The van der Waals surface area contributed by atoms with E-state index < -0.39 is 87.8 Å². The SMILES string of the molecule is C=CC(=O)N1CCC(n2nnc3c(O[C@@H](C)[C@@H]4CCCN4C)nc4c(F)c(-c5ccc(F)c6cccnc56)c(C(F)(F)F)cc4c32)CC1.C[C@H](Oc1nc2c(F)c(-c3ccc(F)c4cccnc34)c(C(F)(F)F)cc2c2c1nnn2C1CCN(C(=O)OC(C)(C)C)CC1)[C@@H]1CCCN1C. The molecule has 0 spiro atoms. The van der Waals surface area contributed by atoms with Crippen LogP contribution >= 0.6 is 0 Å². The molecule has 0 unspecified atom stereocenters. The summed E-state index contributed by atoms with van der Waals surface area (Å²) in [5.74, 6) is -4.25. The third-order valence-corrected chi connectivity index (χ3v) is 19.4. The lowest BCUT2D eigenvalue weighted by atomic mass is 9.93. The number of ether oxygens (including phenoxy) is 3. The standard InChI is InChI=1S/C36H38F5N7O3.C34H32F5N7O2/c1-19(26-9-7-15-46(26)5)50-33-31-32(48(45-44-31)20-12-16-47(17-13-20)34(49)51-35(2,3)4)23-18-24(36(39,40)41)27(28(38)30(23)43-33)22-10-11-25(37)21-8-6-14-42-29(21)22;1-4-26(47)45-15-11-19(12-16-45)46-32-22-17-23(34(37,38)39)27(21-9-10-24(35)20-7-5-13-40-29(20)21)28(36)30(22)41-33(31(32)42-43-46)48-18(2)25-8-6-14-44(25)3/h6,8,10-11,14,18-20,26H,7,9,12-13,15-17H2,1-5H3;4-5,7,9-10,13,17-19,25H,1,6,8,11-12,14-16H2,2-3H3/t19-,26-;18-,25-/m00/s1. The smallest absolute Gasteiger partial charge is 0.417 e. The number of nitrogens with zero attached hydrogens (tertiary/aromatic N) is 14. The van der Waals surface area contributed by atoms with Crippen LogP contribution in [0.2, 0.25) is 0 Å². The average Bonchev–Trinajstić information content (AvgIpc) is 1.72. The van der Waals surface area contributed by atoms with Crippen molar-refractivity contribution in [3.05, 3.63) is 120 Å². The summed E-state index contributed by atoms with van der Waals surface area (Å²) in [4.78, 5) is 49.8. The number of fused-ring (bicyclic) bond motifs is 8. The number of hydrogen-bond donors (Lipinski definition) is 0. The summed E-state index contributed by atoms with van der Waals surface area (Å²) in [5, 5.41) is 17.0. The molecule has 2 amide bonds. The molecule has 29 heteroatoms. The van der Waals surface area contributed by atoms with Crippen molar-refractivity contribution >= 4 is 77.7 Å². The molecule has 0 radical (unpaired) electrons. The summed E-state index contributed by atoms with van der Waals surface area (Å²) in [7, 11) is 3.96. The van der Waals surface area contributed by atoms with Crippen LogP contribution in [0.3, 0.4) is 0 Å². The summed E-state index contributed by atoms with van der Waals surface area (Å²) < 4.78 is 175. The zero-order valence-corrected chi connectivity index (χ0v) is 55.2. The van der Waals surface area contributed by atoms with Gasteiger partial charge in [-0.1, -0.05) is 17.0 Å². The monoisotopic (exact) mass is 1380 g/mol. The maximum atomic E-state index is 17.1. The number of likely N-dealkylation sites (N-methyl/N-ethyl adjacent to an activating group) is 2. The van der Waals surface area contributed by atoms with E-state index in [-0.39, 0.29) is 113 Å². The summed E-state index contributed by atoms with van der Waals surface area (Å²) in [6, 6.07) is 10.9. The van der Waals surface area contributed by atoms with E-state index in [0.29, 0.717) is 51.9 Å². The highest BCUT2D eigenvalue weighted by molar-refractivity contribution is 6.09. The number of aromatic nitrogens is 10. The zero-order valence-electron chi connectivity index (χ0n) is 55.2. The molecule has 4 aliphatic heterocycles. The molecule has 0 saturated carbocycles. The number of likely N-dealkylation sites (tertiary alicyclic amines) is 4. The number of carbonyl (C=O) groups excluding carboxylic acids is 2. The van der Waals surface area contributed by atoms with Crippen LogP contribution < -0.4 is 9.47 Å². The van der Waals surface area contributed by atoms with Crippen LogP contribution in [0.5, 0.6) is 11.8 Å². The largest absolute Gasteiger partial charge is 0.471 e. The third kappa shape index (κ3) is 12.8. The van der Waals surface area contributed by atoms with Gasteiger partial charge in [-0.3, -0.25) is 24.6 Å². The van der Waals surface area contributed by atoms with Crippen molar-refractivity contribution in [2.24, 2.45) is 0 Å². The number of alkyl halides is 6. The molecule has 10 aromatic rings. The number of benzene rings is 4. The van der Waals surface area contributed by atoms with Crippen molar-refractivity contribution in [1.29, 1.82) is 0 Å². The highest BCUT2D eigenvalue weighted by atomic mass is 19.4. The summed E-state index contributed by atoms with van der Waals surface area (Å²) in [5.41, 5.74) is -5.81. The van der Waals surface area contributed by atoms with Gasteiger partial charge in [0, 0.05) is 94.5 Å². The van der Waals surface area contributed by atoms with Crippen molar-refractivity contribution in [3.8, 4) is 34.0 Å². The van der Waals surface area contributed by atoms with Crippen LogP contribution in [-0.2, 0) is 21.9 Å². The van der Waals surface area contributed by atoms with E-state index in [0.717, 1.165) is 75.2 Å². The van der Waals surface area contributed by atoms with E-state index in [9.17, 15) is 31.5 Å². The number of amides is 2. The molecule has 10 heterocycles. The van der Waals surface area contributed by atoms with Crippen molar-refractivity contribution in [3.63, 3.8) is 0 Å². The Balaban J connectivity index is 0.000000178. The van der Waals surface area contributed by atoms with Crippen LogP contribution in [-0.4, -0.2) is 165 Å². The first-order chi connectivity index (χ1) is 47.1. The van der Waals surface area contributed by atoms with E-state index in [4.69, 9.17) is 14.2 Å². The Morgan fingerprint density at radius 1 is 0.556 bits per heavy atom. The molecule has 520 valence electrons. The predicted molar refractivity (Wildman–Crippen MR) is 350 cm³/mol. The molecule has 14 rings (SSSR count). The van der Waals surface area contributed by atoms with Crippen molar-refractivity contribution < 1.29 is 67.7 Å². The fourth-order valence-corrected chi connectivity index (χ4v) is 14.5. The second-order valence-electron chi connectivity index (χ2n) is 26.8. The van der Waals surface area contributed by atoms with Crippen LogP contribution in [0.25, 0.3) is 87.9 Å². The molecule has 4 fully saturated rings. The van der Waals surface area contributed by atoms with E-state index in [2.05, 4.69) is 56.9 Å². The second kappa shape index (κ2) is 26.4. The highest BCUT2D eigenvalue weighted by Crippen LogP contribution is 2.49. The number of rotatable bonds is 11. The van der Waals surface area contributed by atoms with Gasteiger partial charge in [0.1, 0.15) is 51.5 Å². The summed E-state index contributed by atoms with van der Waals surface area (Å²) >= 11 is 0. The van der Waals surface area contributed by atoms with E-state index >= 15 is 22.0 Å². The Morgan fingerprint density at radius 3 is 1.34 bits per heavy atom. The average molecular weight is 1380 g/mol.